The molecule has 2 nitrogen and oxygen atoms in total. The monoisotopic (exact) mass is 206 g/mol. The summed E-state index contributed by atoms with van der Waals surface area (Å²) in [4.78, 5) is 2.19. The van der Waals surface area contributed by atoms with Crippen molar-refractivity contribution < 1.29 is 0 Å². The summed E-state index contributed by atoms with van der Waals surface area (Å²) in [6.07, 6.45) is 1.08. The van der Waals surface area contributed by atoms with E-state index in [9.17, 15) is 0 Å². The van der Waals surface area contributed by atoms with Crippen LogP contribution in [0.25, 0.3) is 0 Å². The Bertz CT molecular complexity index is 362. The third kappa shape index (κ3) is 1.38. The lowest BCUT2D eigenvalue weighted by Gasteiger charge is -2.24. The van der Waals surface area contributed by atoms with E-state index in [4.69, 9.17) is 12.2 Å². The van der Waals surface area contributed by atoms with Gasteiger partial charge in [-0.2, -0.15) is 0 Å². The molecule has 14 heavy (non-hydrogen) atoms. The smallest absolute Gasteiger partial charge is 0.173 e. The maximum absolute atomic E-state index is 5.28. The van der Waals surface area contributed by atoms with Crippen LogP contribution in [0.15, 0.2) is 24.3 Å². The zero-order valence-electron chi connectivity index (χ0n) is 8.45. The van der Waals surface area contributed by atoms with Crippen LogP contribution in [0.3, 0.4) is 0 Å². The van der Waals surface area contributed by atoms with E-state index in [1.807, 2.05) is 7.05 Å². The number of nitrogens with one attached hydrogen (secondary N) is 1. The Morgan fingerprint density at radius 3 is 2.93 bits per heavy atom. The van der Waals surface area contributed by atoms with Crippen molar-refractivity contribution in [2.24, 2.45) is 0 Å². The van der Waals surface area contributed by atoms with Gasteiger partial charge in [0.15, 0.2) is 5.11 Å². The second-order valence-corrected chi connectivity index (χ2v) is 3.99. The fourth-order valence-electron chi connectivity index (χ4n) is 2.00. The average Bonchev–Trinajstić information content (AvgIpc) is 2.53. The lowest BCUT2D eigenvalue weighted by molar-refractivity contribution is 0.767. The van der Waals surface area contributed by atoms with Crippen molar-refractivity contribution in [2.75, 3.05) is 11.9 Å². The third-order valence-corrected chi connectivity index (χ3v) is 3.04. The predicted octanol–water partition coefficient (Wildman–Crippen LogP) is 1.94. The Kier molecular flexibility index (Phi) is 2.42. The summed E-state index contributed by atoms with van der Waals surface area (Å²) < 4.78 is 0. The number of nitrogens with zero attached hydrogens (tertiary/aromatic N) is 1. The first-order valence-corrected chi connectivity index (χ1v) is 5.23. The highest BCUT2D eigenvalue weighted by molar-refractivity contribution is 7.80. The molecule has 0 saturated heterocycles. The fraction of sp³-hybridized carbons (Fsp3) is 0.364. The van der Waals surface area contributed by atoms with E-state index in [0.717, 1.165) is 11.5 Å². The number of thiocarbonyl (C=S) groups is 1. The Morgan fingerprint density at radius 2 is 2.21 bits per heavy atom. The van der Waals surface area contributed by atoms with Crippen LogP contribution in [0.4, 0.5) is 5.69 Å². The molecule has 0 unspecified atom stereocenters. The zero-order valence-corrected chi connectivity index (χ0v) is 9.27. The van der Waals surface area contributed by atoms with Crippen LogP contribution in [0, 0.1) is 0 Å². The Morgan fingerprint density at radius 1 is 1.50 bits per heavy atom. The van der Waals surface area contributed by atoms with E-state index >= 15 is 0 Å². The van der Waals surface area contributed by atoms with Crippen LogP contribution in [0.1, 0.15) is 12.5 Å². The molecule has 0 aliphatic carbocycles. The van der Waals surface area contributed by atoms with Crippen LogP contribution >= 0.6 is 12.2 Å². The van der Waals surface area contributed by atoms with Crippen molar-refractivity contribution in [1.29, 1.82) is 0 Å². The molecule has 1 aromatic rings. The summed E-state index contributed by atoms with van der Waals surface area (Å²) >= 11 is 5.28. The van der Waals surface area contributed by atoms with Crippen molar-refractivity contribution in [3.05, 3.63) is 29.8 Å². The number of para-hydroxylation sites is 1. The average molecular weight is 206 g/mol. The second kappa shape index (κ2) is 3.58. The van der Waals surface area contributed by atoms with Crippen LogP contribution < -0.4 is 10.2 Å². The highest BCUT2D eigenvalue weighted by atomic mass is 32.1. The van der Waals surface area contributed by atoms with Crippen molar-refractivity contribution in [2.45, 2.75) is 19.4 Å². The second-order valence-electron chi connectivity index (χ2n) is 3.61. The van der Waals surface area contributed by atoms with Crippen molar-refractivity contribution in [1.82, 2.24) is 5.32 Å². The fourth-order valence-corrected chi connectivity index (χ4v) is 2.27. The minimum absolute atomic E-state index is 0.465. The van der Waals surface area contributed by atoms with E-state index in [1.54, 1.807) is 0 Å². The molecule has 1 aliphatic heterocycles. The standard InChI is InChI=1S/C11H14N2S/c1-8-7-9-5-3-4-6-10(9)13(8)11(14)12-2/h3-6,8H,7H2,1-2H3,(H,12,14)/t8-/m0/s1. The van der Waals surface area contributed by atoms with Gasteiger partial charge in [0.05, 0.1) is 0 Å². The van der Waals surface area contributed by atoms with Gasteiger partial charge in [-0.15, -0.1) is 0 Å². The summed E-state index contributed by atoms with van der Waals surface area (Å²) in [7, 11) is 1.87. The van der Waals surface area contributed by atoms with Gasteiger partial charge in [0.25, 0.3) is 0 Å². The summed E-state index contributed by atoms with van der Waals surface area (Å²) in [6, 6.07) is 8.90. The van der Waals surface area contributed by atoms with Gasteiger partial charge in [-0.3, -0.25) is 0 Å². The van der Waals surface area contributed by atoms with Crippen LogP contribution in [-0.2, 0) is 6.42 Å². The summed E-state index contributed by atoms with van der Waals surface area (Å²) in [5.74, 6) is 0. The molecule has 0 saturated carbocycles. The largest absolute Gasteiger partial charge is 0.365 e. The van der Waals surface area contributed by atoms with E-state index < -0.39 is 0 Å². The summed E-state index contributed by atoms with van der Waals surface area (Å²) in [6.45, 7) is 2.20. The molecular formula is C11H14N2S. The highest BCUT2D eigenvalue weighted by Gasteiger charge is 2.27. The predicted molar refractivity (Wildman–Crippen MR) is 63.7 cm³/mol. The molecule has 0 amide bonds. The summed E-state index contributed by atoms with van der Waals surface area (Å²) in [5, 5.41) is 3.84. The maximum atomic E-state index is 5.28. The van der Waals surface area contributed by atoms with Crippen molar-refractivity contribution in [3.63, 3.8) is 0 Å². The molecule has 1 aliphatic rings. The van der Waals surface area contributed by atoms with Gasteiger partial charge in [0.1, 0.15) is 0 Å². The van der Waals surface area contributed by atoms with Crippen LogP contribution in [0.5, 0.6) is 0 Å². The van der Waals surface area contributed by atoms with Gasteiger partial charge < -0.3 is 10.2 Å². The van der Waals surface area contributed by atoms with E-state index in [2.05, 4.69) is 41.4 Å². The molecule has 0 fully saturated rings. The molecule has 1 heterocycles. The van der Waals surface area contributed by atoms with Crippen molar-refractivity contribution >= 4 is 23.0 Å². The van der Waals surface area contributed by atoms with Gasteiger partial charge in [-0.1, -0.05) is 18.2 Å². The molecule has 74 valence electrons. The third-order valence-electron chi connectivity index (χ3n) is 2.64. The van der Waals surface area contributed by atoms with Crippen LogP contribution in [0.2, 0.25) is 0 Å². The van der Waals surface area contributed by atoms with Gasteiger partial charge in [0.2, 0.25) is 0 Å². The lowest BCUT2D eigenvalue weighted by Crippen LogP contribution is -2.41. The lowest BCUT2D eigenvalue weighted by atomic mass is 10.1. The first-order chi connectivity index (χ1) is 6.74. The molecule has 0 bridgehead atoms. The van der Waals surface area contributed by atoms with Gasteiger partial charge in [-0.25, -0.2) is 0 Å². The Hall–Kier alpha value is -1.09. The topological polar surface area (TPSA) is 15.3 Å². The zero-order chi connectivity index (χ0) is 10.1. The number of hydrogen-bond donors (Lipinski definition) is 1. The number of hydrogen-bond acceptors (Lipinski definition) is 1. The molecule has 0 spiro atoms. The maximum Gasteiger partial charge on any atom is 0.173 e. The quantitative estimate of drug-likeness (QED) is 0.653. The number of anilines is 1. The van der Waals surface area contributed by atoms with Gasteiger partial charge in [-0.05, 0) is 37.2 Å². The number of benzene rings is 1. The SMILES string of the molecule is CNC(=S)N1c2ccccc2C[C@@H]1C. The van der Waals surface area contributed by atoms with E-state index in [-0.39, 0.29) is 0 Å². The normalized spacial score (nSPS) is 19.3. The van der Waals surface area contributed by atoms with Gasteiger partial charge in [0, 0.05) is 18.8 Å². The molecule has 0 radical (unpaired) electrons. The molecule has 0 aromatic heterocycles. The first kappa shape index (κ1) is 9.46. The highest BCUT2D eigenvalue weighted by Crippen LogP contribution is 2.31. The molecular weight excluding hydrogens is 192 g/mol. The number of rotatable bonds is 0. The van der Waals surface area contributed by atoms with Gasteiger partial charge >= 0.3 is 0 Å². The number of fused-ring (bicyclic) bond motifs is 1. The van der Waals surface area contributed by atoms with E-state index in [0.29, 0.717) is 6.04 Å². The minimum atomic E-state index is 0.465. The minimum Gasteiger partial charge on any atom is -0.365 e. The molecule has 2 rings (SSSR count). The molecule has 1 N–H and O–H groups in total. The Labute approximate surface area is 89.9 Å². The Balaban J connectivity index is 2.39. The van der Waals surface area contributed by atoms with Crippen molar-refractivity contribution in [3.8, 4) is 0 Å². The summed E-state index contributed by atoms with van der Waals surface area (Å²) in [5.41, 5.74) is 2.64. The molecule has 3 heteroatoms. The van der Waals surface area contributed by atoms with Crippen LogP contribution in [-0.4, -0.2) is 18.2 Å². The molecule has 1 atom stereocenters. The molecule has 1 aromatic carbocycles. The van der Waals surface area contributed by atoms with E-state index in [1.165, 1.54) is 11.3 Å². The first-order valence-electron chi connectivity index (χ1n) is 4.83.